The Labute approximate surface area is 157 Å². The molecule has 0 saturated heterocycles. The minimum absolute atomic E-state index is 0.0930. The molecular formula is C19H15F2N3O4. The van der Waals surface area contributed by atoms with Crippen molar-refractivity contribution in [1.29, 1.82) is 0 Å². The maximum atomic E-state index is 13.9. The van der Waals surface area contributed by atoms with Crippen molar-refractivity contribution >= 4 is 28.5 Å². The number of ether oxygens (including phenoxy) is 1. The van der Waals surface area contributed by atoms with Crippen molar-refractivity contribution in [2.75, 3.05) is 12.4 Å². The first-order valence-electron chi connectivity index (χ1n) is 8.23. The van der Waals surface area contributed by atoms with E-state index in [1.807, 2.05) is 0 Å². The summed E-state index contributed by atoms with van der Waals surface area (Å²) in [6.45, 7) is 0.124. The normalized spacial score (nSPS) is 10.7. The Morgan fingerprint density at radius 1 is 1.18 bits per heavy atom. The number of para-hydroxylation sites is 1. The molecule has 144 valence electrons. The van der Waals surface area contributed by atoms with E-state index in [2.05, 4.69) is 15.2 Å². The molecule has 1 amide bonds. The number of aryl methyl sites for hydroxylation is 1. The number of carbonyl (C=O) groups is 2. The third-order valence-corrected chi connectivity index (χ3v) is 4.05. The van der Waals surface area contributed by atoms with E-state index in [-0.39, 0.29) is 24.1 Å². The van der Waals surface area contributed by atoms with Gasteiger partial charge in [-0.15, -0.1) is 0 Å². The summed E-state index contributed by atoms with van der Waals surface area (Å²) in [6, 6.07) is 8.18. The summed E-state index contributed by atoms with van der Waals surface area (Å²) in [6.07, 6.45) is 1.06. The fraction of sp³-hybridized carbons (Fsp3) is 0.158. The molecule has 0 saturated carbocycles. The molecule has 3 rings (SSSR count). The minimum Gasteiger partial charge on any atom is -0.465 e. The SMILES string of the molecule is COC(=O)c1cc(NC(=O)CCn2ncc(=O)c3ccccc32)c(F)cc1F. The number of methoxy groups -OCH3 is 1. The van der Waals surface area contributed by atoms with Crippen LogP contribution >= 0.6 is 0 Å². The zero-order valence-corrected chi connectivity index (χ0v) is 14.7. The third kappa shape index (κ3) is 3.88. The summed E-state index contributed by atoms with van der Waals surface area (Å²) in [5, 5.41) is 6.76. The Hall–Kier alpha value is -3.62. The van der Waals surface area contributed by atoms with Crippen molar-refractivity contribution in [3.63, 3.8) is 0 Å². The molecule has 0 fully saturated rings. The number of fused-ring (bicyclic) bond motifs is 1. The van der Waals surface area contributed by atoms with Crippen molar-refractivity contribution < 1.29 is 23.1 Å². The molecule has 2 aromatic carbocycles. The Balaban J connectivity index is 1.76. The molecule has 28 heavy (non-hydrogen) atoms. The zero-order valence-electron chi connectivity index (χ0n) is 14.7. The average molecular weight is 387 g/mol. The molecule has 3 aromatic rings. The van der Waals surface area contributed by atoms with Crippen LogP contribution in [0.15, 0.2) is 47.4 Å². The molecular weight excluding hydrogens is 372 g/mol. The van der Waals surface area contributed by atoms with E-state index in [9.17, 15) is 23.2 Å². The summed E-state index contributed by atoms with van der Waals surface area (Å²) < 4.78 is 33.5. The van der Waals surface area contributed by atoms with E-state index in [0.29, 0.717) is 17.0 Å². The summed E-state index contributed by atoms with van der Waals surface area (Å²) in [4.78, 5) is 35.5. The van der Waals surface area contributed by atoms with Crippen molar-refractivity contribution in [2.45, 2.75) is 13.0 Å². The van der Waals surface area contributed by atoms with Gasteiger partial charge in [0.15, 0.2) is 0 Å². The van der Waals surface area contributed by atoms with E-state index in [0.717, 1.165) is 19.4 Å². The van der Waals surface area contributed by atoms with Gasteiger partial charge in [-0.2, -0.15) is 5.10 Å². The first kappa shape index (κ1) is 19.2. The highest BCUT2D eigenvalue weighted by molar-refractivity contribution is 5.95. The molecule has 0 aliphatic heterocycles. The van der Waals surface area contributed by atoms with Crippen LogP contribution in [-0.2, 0) is 16.1 Å². The molecule has 0 aliphatic rings. The van der Waals surface area contributed by atoms with Crippen molar-refractivity contribution in [1.82, 2.24) is 9.78 Å². The van der Waals surface area contributed by atoms with Crippen LogP contribution in [0.2, 0.25) is 0 Å². The number of amides is 1. The van der Waals surface area contributed by atoms with Crippen LogP contribution in [0.25, 0.3) is 10.9 Å². The summed E-state index contributed by atoms with van der Waals surface area (Å²) in [7, 11) is 1.06. The number of nitrogens with one attached hydrogen (secondary N) is 1. The van der Waals surface area contributed by atoms with E-state index < -0.39 is 29.1 Å². The number of aromatic nitrogens is 2. The summed E-state index contributed by atoms with van der Waals surface area (Å²) >= 11 is 0. The number of benzene rings is 2. The number of rotatable bonds is 5. The molecule has 1 N–H and O–H groups in total. The lowest BCUT2D eigenvalue weighted by molar-refractivity contribution is -0.116. The average Bonchev–Trinajstić information content (AvgIpc) is 2.69. The lowest BCUT2D eigenvalue weighted by Crippen LogP contribution is -2.19. The molecule has 9 heteroatoms. The van der Waals surface area contributed by atoms with Crippen LogP contribution in [0.1, 0.15) is 16.8 Å². The van der Waals surface area contributed by atoms with Crippen LogP contribution in [0.4, 0.5) is 14.5 Å². The van der Waals surface area contributed by atoms with Crippen LogP contribution in [0, 0.1) is 11.6 Å². The Morgan fingerprint density at radius 3 is 2.68 bits per heavy atom. The van der Waals surface area contributed by atoms with E-state index in [1.54, 1.807) is 24.3 Å². The molecule has 7 nitrogen and oxygen atoms in total. The predicted molar refractivity (Wildman–Crippen MR) is 96.9 cm³/mol. The van der Waals surface area contributed by atoms with Crippen LogP contribution in [0.5, 0.6) is 0 Å². The lowest BCUT2D eigenvalue weighted by atomic mass is 10.1. The minimum atomic E-state index is -1.09. The Bertz CT molecular complexity index is 1130. The van der Waals surface area contributed by atoms with Gasteiger partial charge in [0, 0.05) is 17.9 Å². The van der Waals surface area contributed by atoms with Crippen molar-refractivity contribution in [3.8, 4) is 0 Å². The topological polar surface area (TPSA) is 90.3 Å². The van der Waals surface area contributed by atoms with Crippen LogP contribution < -0.4 is 10.7 Å². The number of hydrogen-bond donors (Lipinski definition) is 1. The lowest BCUT2D eigenvalue weighted by Gasteiger charge is -2.11. The third-order valence-electron chi connectivity index (χ3n) is 4.05. The highest BCUT2D eigenvalue weighted by Gasteiger charge is 2.18. The van der Waals surface area contributed by atoms with Gasteiger partial charge in [0.25, 0.3) is 0 Å². The van der Waals surface area contributed by atoms with Gasteiger partial charge in [-0.05, 0) is 18.2 Å². The molecule has 0 aliphatic carbocycles. The number of carbonyl (C=O) groups excluding carboxylic acids is 2. The fourth-order valence-electron chi connectivity index (χ4n) is 2.67. The van der Waals surface area contributed by atoms with E-state index >= 15 is 0 Å². The smallest absolute Gasteiger partial charge is 0.340 e. The van der Waals surface area contributed by atoms with Crippen molar-refractivity contribution in [3.05, 3.63) is 70.0 Å². The molecule has 0 unspecified atom stereocenters. The molecule has 0 atom stereocenters. The van der Waals surface area contributed by atoms with Gasteiger partial charge in [-0.1, -0.05) is 12.1 Å². The molecule has 1 aromatic heterocycles. The predicted octanol–water partition coefficient (Wildman–Crippen LogP) is 2.49. The Kier molecular flexibility index (Phi) is 5.44. The number of anilines is 1. The number of hydrogen-bond acceptors (Lipinski definition) is 5. The molecule has 0 radical (unpaired) electrons. The molecule has 1 heterocycles. The fourth-order valence-corrected chi connectivity index (χ4v) is 2.67. The number of esters is 1. The summed E-state index contributed by atoms with van der Waals surface area (Å²) in [5.74, 6) is -3.68. The summed E-state index contributed by atoms with van der Waals surface area (Å²) in [5.41, 5.74) is -0.513. The van der Waals surface area contributed by atoms with Gasteiger partial charge in [-0.3, -0.25) is 14.3 Å². The quantitative estimate of drug-likeness (QED) is 0.680. The van der Waals surface area contributed by atoms with Crippen molar-refractivity contribution in [2.24, 2.45) is 0 Å². The second-order valence-corrected chi connectivity index (χ2v) is 5.85. The highest BCUT2D eigenvalue weighted by Crippen LogP contribution is 2.20. The maximum Gasteiger partial charge on any atom is 0.340 e. The highest BCUT2D eigenvalue weighted by atomic mass is 19.1. The second-order valence-electron chi connectivity index (χ2n) is 5.85. The Morgan fingerprint density at radius 2 is 1.93 bits per heavy atom. The second kappa shape index (κ2) is 7.95. The van der Waals surface area contributed by atoms with E-state index in [4.69, 9.17) is 0 Å². The monoisotopic (exact) mass is 387 g/mol. The maximum absolute atomic E-state index is 13.9. The van der Waals surface area contributed by atoms with Gasteiger partial charge in [0.2, 0.25) is 11.3 Å². The zero-order chi connectivity index (χ0) is 20.3. The van der Waals surface area contributed by atoms with Gasteiger partial charge < -0.3 is 10.1 Å². The van der Waals surface area contributed by atoms with Crippen LogP contribution in [0.3, 0.4) is 0 Å². The van der Waals surface area contributed by atoms with Gasteiger partial charge >= 0.3 is 5.97 Å². The first-order valence-corrected chi connectivity index (χ1v) is 8.23. The van der Waals surface area contributed by atoms with Gasteiger partial charge in [-0.25, -0.2) is 13.6 Å². The van der Waals surface area contributed by atoms with Gasteiger partial charge in [0.1, 0.15) is 11.6 Å². The van der Waals surface area contributed by atoms with Crippen LogP contribution in [-0.4, -0.2) is 28.8 Å². The molecule has 0 bridgehead atoms. The molecule has 0 spiro atoms. The first-order chi connectivity index (χ1) is 13.4. The number of halogens is 2. The number of nitrogens with zero attached hydrogens (tertiary/aromatic N) is 2. The van der Waals surface area contributed by atoms with Gasteiger partial charge in [0.05, 0.1) is 36.6 Å². The standard InChI is InChI=1S/C19H15F2N3O4/c1-28-19(27)12-8-15(14(21)9-13(12)20)23-18(26)6-7-24-16-5-3-2-4-11(16)17(25)10-22-24/h2-5,8-10H,6-7H2,1H3,(H,23,26). The largest absolute Gasteiger partial charge is 0.465 e. The van der Waals surface area contributed by atoms with E-state index in [1.165, 1.54) is 4.68 Å².